The topological polar surface area (TPSA) is 26.3 Å². The molecule has 2 nitrogen and oxygen atoms in total. The molecule has 0 saturated heterocycles. The number of methoxy groups -OCH3 is 1. The van der Waals surface area contributed by atoms with E-state index in [9.17, 15) is 13.6 Å². The molecule has 0 atom stereocenters. The first-order valence-corrected chi connectivity index (χ1v) is 5.06. The van der Waals surface area contributed by atoms with E-state index in [-0.39, 0.29) is 11.5 Å². The zero-order valence-corrected chi connectivity index (χ0v) is 9.14. The number of benzene rings is 1. The molecule has 2 rings (SSSR count). The van der Waals surface area contributed by atoms with Crippen molar-refractivity contribution in [2.75, 3.05) is 7.11 Å². The third kappa shape index (κ3) is 1.40. The molecule has 1 fully saturated rings. The molecule has 1 aromatic carbocycles. The van der Waals surface area contributed by atoms with Gasteiger partial charge in [-0.3, -0.25) is 4.79 Å². The summed E-state index contributed by atoms with van der Waals surface area (Å²) in [6.45, 7) is 1.47. The summed E-state index contributed by atoms with van der Waals surface area (Å²) in [5.74, 6) is -2.16. The van der Waals surface area contributed by atoms with Gasteiger partial charge in [0, 0.05) is 5.56 Å². The van der Waals surface area contributed by atoms with Crippen molar-refractivity contribution in [3.63, 3.8) is 0 Å². The minimum Gasteiger partial charge on any atom is -0.493 e. The molecular weight excluding hydrogens is 214 g/mol. The SMILES string of the molecule is COc1c(C2(C(C)=O)CC2)ccc(F)c1F. The van der Waals surface area contributed by atoms with Gasteiger partial charge in [-0.05, 0) is 25.8 Å². The van der Waals surface area contributed by atoms with Crippen molar-refractivity contribution in [3.05, 3.63) is 29.3 Å². The van der Waals surface area contributed by atoms with Crippen molar-refractivity contribution in [2.45, 2.75) is 25.2 Å². The molecule has 16 heavy (non-hydrogen) atoms. The van der Waals surface area contributed by atoms with Crippen molar-refractivity contribution in [3.8, 4) is 5.75 Å². The molecule has 0 aromatic heterocycles. The number of carbonyl (C=O) groups excluding carboxylic acids is 1. The van der Waals surface area contributed by atoms with E-state index in [0.29, 0.717) is 18.4 Å². The van der Waals surface area contributed by atoms with Crippen molar-refractivity contribution in [1.29, 1.82) is 0 Å². The average Bonchev–Trinajstić information content (AvgIpc) is 3.02. The first kappa shape index (κ1) is 11.0. The Morgan fingerprint density at radius 2 is 2.00 bits per heavy atom. The van der Waals surface area contributed by atoms with Gasteiger partial charge in [-0.15, -0.1) is 0 Å². The summed E-state index contributed by atoms with van der Waals surface area (Å²) >= 11 is 0. The van der Waals surface area contributed by atoms with Crippen LogP contribution in [0.4, 0.5) is 8.78 Å². The Balaban J connectivity index is 2.58. The molecular formula is C12H12F2O2. The maximum atomic E-state index is 13.5. The molecule has 1 aliphatic carbocycles. The first-order valence-electron chi connectivity index (χ1n) is 5.06. The smallest absolute Gasteiger partial charge is 0.200 e. The van der Waals surface area contributed by atoms with E-state index in [1.165, 1.54) is 20.1 Å². The summed E-state index contributed by atoms with van der Waals surface area (Å²) in [6.07, 6.45) is 1.34. The Hall–Kier alpha value is -1.45. The molecule has 4 heteroatoms. The van der Waals surface area contributed by atoms with Gasteiger partial charge in [0.2, 0.25) is 5.82 Å². The number of hydrogen-bond acceptors (Lipinski definition) is 2. The zero-order chi connectivity index (χ0) is 11.9. The molecule has 0 radical (unpaired) electrons. The lowest BCUT2D eigenvalue weighted by Crippen LogP contribution is -2.18. The number of ether oxygens (including phenoxy) is 1. The van der Waals surface area contributed by atoms with Crippen LogP contribution in [0.5, 0.6) is 5.75 Å². The lowest BCUT2D eigenvalue weighted by Gasteiger charge is -2.16. The summed E-state index contributed by atoms with van der Waals surface area (Å²) < 4.78 is 31.4. The maximum absolute atomic E-state index is 13.5. The maximum Gasteiger partial charge on any atom is 0.200 e. The molecule has 0 spiro atoms. The van der Waals surface area contributed by atoms with Crippen molar-refractivity contribution >= 4 is 5.78 Å². The second-order valence-electron chi connectivity index (χ2n) is 4.08. The number of rotatable bonds is 3. The van der Waals surface area contributed by atoms with Crippen molar-refractivity contribution < 1.29 is 18.3 Å². The number of halogens is 2. The average molecular weight is 226 g/mol. The van der Waals surface area contributed by atoms with Crippen LogP contribution in [0.25, 0.3) is 0 Å². The summed E-state index contributed by atoms with van der Waals surface area (Å²) in [5, 5.41) is 0. The molecule has 0 unspecified atom stereocenters. The molecule has 0 amide bonds. The van der Waals surface area contributed by atoms with Crippen LogP contribution in [-0.2, 0) is 10.2 Å². The number of Topliss-reactive ketones (excluding diaryl/α,β-unsaturated/α-hetero) is 1. The Kier molecular flexibility index (Phi) is 2.45. The molecule has 0 N–H and O–H groups in total. The van der Waals surface area contributed by atoms with E-state index < -0.39 is 17.0 Å². The minimum absolute atomic E-state index is 0.0307. The number of hydrogen-bond donors (Lipinski definition) is 0. The second kappa shape index (κ2) is 3.54. The standard InChI is InChI=1S/C12H12F2O2/c1-7(15)12(5-6-12)8-3-4-9(13)10(14)11(8)16-2/h3-4H,5-6H2,1-2H3. The van der Waals surface area contributed by atoms with E-state index in [2.05, 4.69) is 0 Å². The quantitative estimate of drug-likeness (QED) is 0.791. The van der Waals surface area contributed by atoms with Crippen LogP contribution >= 0.6 is 0 Å². The normalized spacial score (nSPS) is 17.0. The molecule has 0 aliphatic heterocycles. The Labute approximate surface area is 92.2 Å². The van der Waals surface area contributed by atoms with Crippen molar-refractivity contribution in [2.24, 2.45) is 0 Å². The highest BCUT2D eigenvalue weighted by atomic mass is 19.2. The van der Waals surface area contributed by atoms with Gasteiger partial charge in [0.25, 0.3) is 0 Å². The number of ketones is 1. The van der Waals surface area contributed by atoms with E-state index >= 15 is 0 Å². The summed E-state index contributed by atoms with van der Waals surface area (Å²) in [4.78, 5) is 11.5. The van der Waals surface area contributed by atoms with Gasteiger partial charge in [-0.2, -0.15) is 4.39 Å². The van der Waals surface area contributed by atoms with Crippen LogP contribution in [-0.4, -0.2) is 12.9 Å². The van der Waals surface area contributed by atoms with Crippen LogP contribution in [0.15, 0.2) is 12.1 Å². The van der Waals surface area contributed by atoms with Gasteiger partial charge in [-0.1, -0.05) is 6.07 Å². The molecule has 86 valence electrons. The third-order valence-corrected chi connectivity index (χ3v) is 3.19. The van der Waals surface area contributed by atoms with E-state index in [0.717, 1.165) is 6.07 Å². The Morgan fingerprint density at radius 1 is 1.38 bits per heavy atom. The molecule has 1 aromatic rings. The third-order valence-electron chi connectivity index (χ3n) is 3.19. The predicted octanol–water partition coefficient (Wildman–Crippen LogP) is 2.59. The fourth-order valence-corrected chi connectivity index (χ4v) is 2.04. The van der Waals surface area contributed by atoms with Crippen LogP contribution in [0.3, 0.4) is 0 Å². The van der Waals surface area contributed by atoms with Gasteiger partial charge >= 0.3 is 0 Å². The fraction of sp³-hybridized carbons (Fsp3) is 0.417. The lowest BCUT2D eigenvalue weighted by atomic mass is 9.91. The van der Waals surface area contributed by atoms with Crippen LogP contribution in [0.1, 0.15) is 25.3 Å². The highest BCUT2D eigenvalue weighted by Gasteiger charge is 2.51. The number of carbonyl (C=O) groups is 1. The molecule has 0 bridgehead atoms. The Bertz CT molecular complexity index is 451. The first-order chi connectivity index (χ1) is 7.53. The van der Waals surface area contributed by atoms with Gasteiger partial charge < -0.3 is 4.74 Å². The highest BCUT2D eigenvalue weighted by molar-refractivity contribution is 5.91. The lowest BCUT2D eigenvalue weighted by molar-refractivity contribution is -0.119. The van der Waals surface area contributed by atoms with Gasteiger partial charge in [0.1, 0.15) is 5.78 Å². The van der Waals surface area contributed by atoms with Crippen LogP contribution in [0.2, 0.25) is 0 Å². The molecule has 1 aliphatic rings. The zero-order valence-electron chi connectivity index (χ0n) is 9.14. The largest absolute Gasteiger partial charge is 0.493 e. The predicted molar refractivity (Wildman–Crippen MR) is 54.5 cm³/mol. The summed E-state index contributed by atoms with van der Waals surface area (Å²) in [5.41, 5.74) is -0.193. The van der Waals surface area contributed by atoms with Gasteiger partial charge in [0.15, 0.2) is 11.6 Å². The fourth-order valence-electron chi connectivity index (χ4n) is 2.04. The van der Waals surface area contributed by atoms with E-state index in [1.807, 2.05) is 0 Å². The van der Waals surface area contributed by atoms with Gasteiger partial charge in [-0.25, -0.2) is 4.39 Å². The molecule has 1 saturated carbocycles. The van der Waals surface area contributed by atoms with E-state index in [4.69, 9.17) is 4.74 Å². The minimum atomic E-state index is -1.02. The highest BCUT2D eigenvalue weighted by Crippen LogP contribution is 2.52. The summed E-state index contributed by atoms with van der Waals surface area (Å²) in [6, 6.07) is 2.47. The Morgan fingerprint density at radius 3 is 2.44 bits per heavy atom. The summed E-state index contributed by atoms with van der Waals surface area (Å²) in [7, 11) is 1.28. The second-order valence-corrected chi connectivity index (χ2v) is 4.08. The van der Waals surface area contributed by atoms with Crippen LogP contribution < -0.4 is 4.74 Å². The van der Waals surface area contributed by atoms with Crippen molar-refractivity contribution in [1.82, 2.24) is 0 Å². The molecule has 0 heterocycles. The van der Waals surface area contributed by atoms with Crippen LogP contribution in [0, 0.1) is 11.6 Å². The monoisotopic (exact) mass is 226 g/mol. The van der Waals surface area contributed by atoms with E-state index in [1.54, 1.807) is 0 Å². The van der Waals surface area contributed by atoms with Gasteiger partial charge in [0.05, 0.1) is 12.5 Å².